The molecule has 2 heterocycles. The zero-order valence-corrected chi connectivity index (χ0v) is 17.3. The lowest BCUT2D eigenvalue weighted by molar-refractivity contribution is -0.402. The molecule has 162 valence electrons. The molecule has 4 rings (SSSR count). The van der Waals surface area contributed by atoms with Gasteiger partial charge in [0.05, 0.1) is 16.5 Å². The van der Waals surface area contributed by atoms with E-state index >= 15 is 0 Å². The van der Waals surface area contributed by atoms with E-state index in [-0.39, 0.29) is 16.5 Å². The molecule has 0 unspecified atom stereocenters. The van der Waals surface area contributed by atoms with Crippen LogP contribution in [0.25, 0.3) is 23.1 Å². The molecule has 11 heteroatoms. The maximum Gasteiger partial charge on any atom is 0.433 e. The normalized spacial score (nSPS) is 11.8. The Hall–Kier alpha value is -4.12. The summed E-state index contributed by atoms with van der Waals surface area (Å²) in [6, 6.07) is 12.8. The van der Waals surface area contributed by atoms with E-state index < -0.39 is 26.5 Å². The Morgan fingerprint density at radius 1 is 1.06 bits per heavy atom. The summed E-state index contributed by atoms with van der Waals surface area (Å²) in [6.07, 6.45) is 4.05. The van der Waals surface area contributed by atoms with E-state index in [1.807, 2.05) is 0 Å². The van der Waals surface area contributed by atoms with Crippen LogP contribution in [-0.4, -0.2) is 29.6 Å². The van der Waals surface area contributed by atoms with Crippen LogP contribution in [0.4, 0.5) is 21.8 Å². The molecule has 0 amide bonds. The number of halogens is 1. The number of anilines is 2. The molecule has 2 aromatic heterocycles. The quantitative estimate of drug-likeness (QED) is 0.331. The molecule has 9 nitrogen and oxygen atoms in total. The number of hydrogen-bond acceptors (Lipinski definition) is 8. The van der Waals surface area contributed by atoms with Crippen molar-refractivity contribution < 1.29 is 22.1 Å². The van der Waals surface area contributed by atoms with Crippen LogP contribution in [0.2, 0.25) is 0 Å². The molecule has 0 radical (unpaired) electrons. The van der Waals surface area contributed by atoms with E-state index in [4.69, 9.17) is 4.42 Å². The fourth-order valence-electron chi connectivity index (χ4n) is 2.90. The van der Waals surface area contributed by atoms with Gasteiger partial charge >= 0.3 is 5.88 Å². The van der Waals surface area contributed by atoms with Gasteiger partial charge in [0.15, 0.2) is 15.7 Å². The number of nitrogens with one attached hydrogen (secondary N) is 1. The van der Waals surface area contributed by atoms with Crippen molar-refractivity contribution in [1.82, 2.24) is 9.97 Å². The zero-order valence-electron chi connectivity index (χ0n) is 16.5. The van der Waals surface area contributed by atoms with Crippen LogP contribution in [0, 0.1) is 15.9 Å². The van der Waals surface area contributed by atoms with E-state index in [0.717, 1.165) is 6.26 Å². The second kappa shape index (κ2) is 8.19. The number of nitro groups is 1. The summed E-state index contributed by atoms with van der Waals surface area (Å²) in [7, 11) is -3.33. The van der Waals surface area contributed by atoms with Gasteiger partial charge in [0.1, 0.15) is 22.3 Å². The third kappa shape index (κ3) is 4.62. The maximum absolute atomic E-state index is 13.8. The average Bonchev–Trinajstić information content (AvgIpc) is 3.21. The average molecular weight is 454 g/mol. The zero-order chi connectivity index (χ0) is 22.9. The van der Waals surface area contributed by atoms with Crippen LogP contribution in [0.5, 0.6) is 0 Å². The van der Waals surface area contributed by atoms with E-state index in [9.17, 15) is 22.9 Å². The van der Waals surface area contributed by atoms with Crippen molar-refractivity contribution in [2.24, 2.45) is 0 Å². The first-order valence-electron chi connectivity index (χ1n) is 9.16. The molecule has 0 aliphatic carbocycles. The van der Waals surface area contributed by atoms with Gasteiger partial charge in [-0.25, -0.2) is 22.8 Å². The van der Waals surface area contributed by atoms with Crippen LogP contribution >= 0.6 is 0 Å². The minimum Gasteiger partial charge on any atom is -0.401 e. The second-order valence-electron chi connectivity index (χ2n) is 6.78. The van der Waals surface area contributed by atoms with Crippen LogP contribution in [0.1, 0.15) is 11.6 Å². The summed E-state index contributed by atoms with van der Waals surface area (Å²) in [4.78, 5) is 19.0. The van der Waals surface area contributed by atoms with Crippen molar-refractivity contribution >= 4 is 50.3 Å². The van der Waals surface area contributed by atoms with Gasteiger partial charge in [0.25, 0.3) is 0 Å². The van der Waals surface area contributed by atoms with Crippen molar-refractivity contribution in [3.63, 3.8) is 0 Å². The van der Waals surface area contributed by atoms with Gasteiger partial charge in [0, 0.05) is 23.4 Å². The minimum atomic E-state index is -3.33. The summed E-state index contributed by atoms with van der Waals surface area (Å²) >= 11 is 0. The number of benzene rings is 2. The van der Waals surface area contributed by atoms with Crippen molar-refractivity contribution in [2.75, 3.05) is 11.6 Å². The highest BCUT2D eigenvalue weighted by Gasteiger charge is 2.12. The fraction of sp³-hybridized carbons (Fsp3) is 0.0476. The smallest absolute Gasteiger partial charge is 0.401 e. The molecule has 0 spiro atoms. The lowest BCUT2D eigenvalue weighted by Crippen LogP contribution is -2.01. The Kier molecular flexibility index (Phi) is 5.41. The van der Waals surface area contributed by atoms with E-state index in [1.54, 1.807) is 12.1 Å². The molecular formula is C21H15FN4O5S. The lowest BCUT2D eigenvalue weighted by atomic mass is 10.2. The summed E-state index contributed by atoms with van der Waals surface area (Å²) in [5.74, 6) is -0.0719. The second-order valence-corrected chi connectivity index (χ2v) is 8.80. The standard InChI is InChI=1S/C21H15FN4O5S/c1-32(29,30)16-7-3-14(4-8-16)23-21-17-9-2-13(22)12-18(17)24-19(25-21)10-5-15-6-11-20(31-15)26(27)28/h2-12H,1H3,(H,23,24,25). The first kappa shape index (κ1) is 21.1. The molecule has 0 aliphatic rings. The number of furan rings is 1. The predicted molar refractivity (Wildman–Crippen MR) is 117 cm³/mol. The molecule has 0 atom stereocenters. The monoisotopic (exact) mass is 454 g/mol. The molecule has 0 saturated heterocycles. The van der Waals surface area contributed by atoms with E-state index in [0.29, 0.717) is 22.4 Å². The van der Waals surface area contributed by atoms with Gasteiger partial charge in [-0.15, -0.1) is 0 Å². The Bertz CT molecular complexity index is 1460. The summed E-state index contributed by atoms with van der Waals surface area (Å²) < 4.78 is 42.2. The molecule has 0 saturated carbocycles. The Morgan fingerprint density at radius 3 is 2.47 bits per heavy atom. The first-order chi connectivity index (χ1) is 15.2. The van der Waals surface area contributed by atoms with Gasteiger partial charge in [-0.05, 0) is 54.6 Å². The van der Waals surface area contributed by atoms with Gasteiger partial charge in [-0.3, -0.25) is 10.1 Å². The third-order valence-electron chi connectivity index (χ3n) is 4.41. The van der Waals surface area contributed by atoms with E-state index in [1.165, 1.54) is 54.6 Å². The predicted octanol–water partition coefficient (Wildman–Crippen LogP) is 4.59. The molecule has 0 bridgehead atoms. The minimum absolute atomic E-state index is 0.175. The van der Waals surface area contributed by atoms with Crippen LogP contribution in [0.3, 0.4) is 0 Å². The number of rotatable bonds is 6. The Balaban J connectivity index is 1.70. The number of nitrogens with zero attached hydrogens (tertiary/aromatic N) is 3. The molecule has 0 aliphatic heterocycles. The molecule has 0 fully saturated rings. The highest BCUT2D eigenvalue weighted by atomic mass is 32.2. The summed E-state index contributed by atoms with van der Waals surface area (Å²) in [5.41, 5.74) is 0.902. The highest BCUT2D eigenvalue weighted by molar-refractivity contribution is 7.90. The SMILES string of the molecule is CS(=O)(=O)c1ccc(Nc2nc(C=Cc3ccc([N+](=O)[O-])o3)nc3cc(F)ccc23)cc1. The van der Waals surface area contributed by atoms with Gasteiger partial charge < -0.3 is 9.73 Å². The number of fused-ring (bicyclic) bond motifs is 1. The molecular weight excluding hydrogens is 439 g/mol. The largest absolute Gasteiger partial charge is 0.433 e. The van der Waals surface area contributed by atoms with Gasteiger partial charge in [-0.1, -0.05) is 0 Å². The Labute approximate surface area is 181 Å². The van der Waals surface area contributed by atoms with Crippen molar-refractivity contribution in [3.05, 3.63) is 82.1 Å². The summed E-state index contributed by atoms with van der Waals surface area (Å²) in [6.45, 7) is 0. The van der Waals surface area contributed by atoms with Crippen molar-refractivity contribution in [2.45, 2.75) is 4.90 Å². The first-order valence-corrected chi connectivity index (χ1v) is 11.0. The van der Waals surface area contributed by atoms with Gasteiger partial charge in [-0.2, -0.15) is 0 Å². The topological polar surface area (TPSA) is 128 Å². The molecule has 2 aromatic carbocycles. The molecule has 4 aromatic rings. The van der Waals surface area contributed by atoms with Crippen molar-refractivity contribution in [1.29, 1.82) is 0 Å². The maximum atomic E-state index is 13.8. The highest BCUT2D eigenvalue weighted by Crippen LogP contribution is 2.26. The lowest BCUT2D eigenvalue weighted by Gasteiger charge is -2.10. The number of sulfone groups is 1. The molecule has 1 N–H and O–H groups in total. The summed E-state index contributed by atoms with van der Waals surface area (Å²) in [5, 5.41) is 14.4. The van der Waals surface area contributed by atoms with Crippen LogP contribution in [-0.2, 0) is 9.84 Å². The van der Waals surface area contributed by atoms with Crippen LogP contribution in [0.15, 0.2) is 63.9 Å². The fourth-order valence-corrected chi connectivity index (χ4v) is 3.53. The third-order valence-corrected chi connectivity index (χ3v) is 5.54. The Morgan fingerprint density at radius 2 is 1.81 bits per heavy atom. The van der Waals surface area contributed by atoms with Crippen LogP contribution < -0.4 is 5.32 Å². The number of hydrogen-bond donors (Lipinski definition) is 1. The van der Waals surface area contributed by atoms with E-state index in [2.05, 4.69) is 15.3 Å². The molecule has 32 heavy (non-hydrogen) atoms. The van der Waals surface area contributed by atoms with Gasteiger partial charge in [0.2, 0.25) is 0 Å². The van der Waals surface area contributed by atoms with Crippen molar-refractivity contribution in [3.8, 4) is 0 Å². The number of aromatic nitrogens is 2.